The Balaban J connectivity index is 1.88. The van der Waals surface area contributed by atoms with E-state index >= 15 is 0 Å². The fraction of sp³-hybridized carbons (Fsp3) is 0.389. The van der Waals surface area contributed by atoms with Crippen LogP contribution in [0.5, 0.6) is 0 Å². The molecule has 28 heavy (non-hydrogen) atoms. The van der Waals surface area contributed by atoms with Gasteiger partial charge in [-0.05, 0) is 36.2 Å². The Morgan fingerprint density at radius 1 is 1.25 bits per heavy atom. The molecule has 2 aromatic rings. The minimum Gasteiger partial charge on any atom is -0.468 e. The molecule has 0 unspecified atom stereocenters. The Morgan fingerprint density at radius 2 is 1.96 bits per heavy atom. The molecule has 3 rings (SSSR count). The van der Waals surface area contributed by atoms with Crippen molar-refractivity contribution in [3.05, 3.63) is 54.0 Å². The van der Waals surface area contributed by atoms with E-state index in [0.717, 1.165) is 5.56 Å². The van der Waals surface area contributed by atoms with Crippen LogP contribution in [-0.2, 0) is 37.7 Å². The second-order valence-electron chi connectivity index (χ2n) is 6.74. The van der Waals surface area contributed by atoms with E-state index in [4.69, 9.17) is 4.42 Å². The molecule has 10 heteroatoms. The molecular weight excluding hydrogens is 404 g/mol. The molecule has 1 saturated heterocycles. The van der Waals surface area contributed by atoms with E-state index in [1.165, 1.54) is 29.6 Å². The number of carbonyl (C=O) groups excluding carboxylic acids is 1. The first kappa shape index (κ1) is 20.6. The predicted octanol–water partition coefficient (Wildman–Crippen LogP) is 1.29. The normalized spacial score (nSPS) is 19.0. The van der Waals surface area contributed by atoms with Crippen LogP contribution in [0.3, 0.4) is 0 Å². The van der Waals surface area contributed by atoms with E-state index in [2.05, 4.69) is 5.32 Å². The summed E-state index contributed by atoms with van der Waals surface area (Å²) in [5.41, 5.74) is 0.759. The molecule has 1 amide bonds. The van der Waals surface area contributed by atoms with E-state index in [1.807, 2.05) is 0 Å². The Labute approximate surface area is 164 Å². The van der Waals surface area contributed by atoms with E-state index in [0.29, 0.717) is 12.3 Å². The summed E-state index contributed by atoms with van der Waals surface area (Å²) in [5.74, 6) is 0.0318. The van der Waals surface area contributed by atoms with Crippen molar-refractivity contribution in [3.8, 4) is 0 Å². The Morgan fingerprint density at radius 3 is 2.50 bits per heavy atom. The molecule has 1 N–H and O–H groups in total. The standard InChI is InChI=1S/C18H22N2O6S2/c1-14(21)19-11-15-4-6-18(7-5-15)28(24,25)20(12-17-3-2-9-26-17)16-8-10-27(22,23)13-16/h2-7,9,16H,8,10-13H2,1H3,(H,19,21)/t16-/m0/s1. The van der Waals surface area contributed by atoms with Crippen LogP contribution < -0.4 is 5.32 Å². The second kappa shape index (κ2) is 8.06. The van der Waals surface area contributed by atoms with Gasteiger partial charge in [-0.15, -0.1) is 0 Å². The van der Waals surface area contributed by atoms with E-state index < -0.39 is 25.9 Å². The van der Waals surface area contributed by atoms with Gasteiger partial charge in [-0.2, -0.15) is 4.31 Å². The highest BCUT2D eigenvalue weighted by atomic mass is 32.2. The zero-order chi connectivity index (χ0) is 20.4. The van der Waals surface area contributed by atoms with Crippen molar-refractivity contribution in [3.63, 3.8) is 0 Å². The number of benzene rings is 1. The van der Waals surface area contributed by atoms with Gasteiger partial charge in [0.2, 0.25) is 15.9 Å². The third kappa shape index (κ3) is 4.81. The molecule has 1 aromatic heterocycles. The maximum Gasteiger partial charge on any atom is 0.243 e. The molecule has 2 heterocycles. The monoisotopic (exact) mass is 426 g/mol. The molecular formula is C18H22N2O6S2. The fourth-order valence-corrected chi connectivity index (χ4v) is 6.56. The van der Waals surface area contributed by atoms with Crippen LogP contribution in [0.4, 0.5) is 0 Å². The lowest BCUT2D eigenvalue weighted by atomic mass is 10.2. The number of sulfone groups is 1. The van der Waals surface area contributed by atoms with Gasteiger partial charge >= 0.3 is 0 Å². The molecule has 1 aliphatic heterocycles. The molecule has 8 nitrogen and oxygen atoms in total. The van der Waals surface area contributed by atoms with Crippen molar-refractivity contribution in [1.82, 2.24) is 9.62 Å². The maximum absolute atomic E-state index is 13.3. The number of nitrogens with zero attached hydrogens (tertiary/aromatic N) is 1. The molecule has 0 bridgehead atoms. The topological polar surface area (TPSA) is 114 Å². The third-order valence-electron chi connectivity index (χ3n) is 4.58. The van der Waals surface area contributed by atoms with Gasteiger partial charge in [-0.1, -0.05) is 12.1 Å². The molecule has 1 aliphatic rings. The van der Waals surface area contributed by atoms with Crippen LogP contribution in [0.15, 0.2) is 52.0 Å². The van der Waals surface area contributed by atoms with Gasteiger partial charge in [-0.25, -0.2) is 16.8 Å². The number of carbonyl (C=O) groups is 1. The molecule has 0 saturated carbocycles. The highest BCUT2D eigenvalue weighted by molar-refractivity contribution is 7.92. The smallest absolute Gasteiger partial charge is 0.243 e. The van der Waals surface area contributed by atoms with Crippen molar-refractivity contribution >= 4 is 25.8 Å². The van der Waals surface area contributed by atoms with E-state index in [-0.39, 0.29) is 35.3 Å². The first-order valence-corrected chi connectivity index (χ1v) is 12.0. The maximum atomic E-state index is 13.3. The second-order valence-corrected chi connectivity index (χ2v) is 10.9. The van der Waals surface area contributed by atoms with Crippen LogP contribution in [0.25, 0.3) is 0 Å². The zero-order valence-electron chi connectivity index (χ0n) is 15.4. The fourth-order valence-electron chi connectivity index (χ4n) is 3.11. The van der Waals surface area contributed by atoms with Crippen LogP contribution in [0.1, 0.15) is 24.7 Å². The molecule has 0 spiro atoms. The molecule has 0 radical (unpaired) electrons. The predicted molar refractivity (Wildman–Crippen MR) is 102 cm³/mol. The SMILES string of the molecule is CC(=O)NCc1ccc(S(=O)(=O)N(Cc2ccco2)[C@H]2CCS(=O)(=O)C2)cc1. The number of hydrogen-bond donors (Lipinski definition) is 1. The van der Waals surface area contributed by atoms with Crippen LogP contribution in [0.2, 0.25) is 0 Å². The highest BCUT2D eigenvalue weighted by Gasteiger charge is 2.39. The average Bonchev–Trinajstić information content (AvgIpc) is 3.27. The summed E-state index contributed by atoms with van der Waals surface area (Å²) in [5, 5.41) is 2.65. The largest absolute Gasteiger partial charge is 0.468 e. The van der Waals surface area contributed by atoms with Gasteiger partial charge in [0.15, 0.2) is 9.84 Å². The molecule has 1 fully saturated rings. The summed E-state index contributed by atoms with van der Waals surface area (Å²) in [7, 11) is -7.20. The van der Waals surface area contributed by atoms with Crippen molar-refractivity contribution in [2.24, 2.45) is 0 Å². The van der Waals surface area contributed by atoms with Crippen LogP contribution in [-0.4, -0.2) is 44.6 Å². The van der Waals surface area contributed by atoms with Crippen molar-refractivity contribution < 1.29 is 26.0 Å². The van der Waals surface area contributed by atoms with Gasteiger partial charge in [0, 0.05) is 19.5 Å². The van der Waals surface area contributed by atoms with Crippen molar-refractivity contribution in [1.29, 1.82) is 0 Å². The average molecular weight is 427 g/mol. The summed E-state index contributed by atoms with van der Waals surface area (Å²) in [4.78, 5) is 11.1. The lowest BCUT2D eigenvalue weighted by molar-refractivity contribution is -0.119. The van der Waals surface area contributed by atoms with Crippen LogP contribution in [0, 0.1) is 0 Å². The highest BCUT2D eigenvalue weighted by Crippen LogP contribution is 2.27. The van der Waals surface area contributed by atoms with E-state index in [1.54, 1.807) is 24.3 Å². The molecule has 1 aromatic carbocycles. The quantitative estimate of drug-likeness (QED) is 0.714. The van der Waals surface area contributed by atoms with Crippen molar-refractivity contribution in [2.75, 3.05) is 11.5 Å². The Hall–Kier alpha value is -2.17. The summed E-state index contributed by atoms with van der Waals surface area (Å²) in [6, 6.07) is 8.85. The van der Waals surface area contributed by atoms with Gasteiger partial charge < -0.3 is 9.73 Å². The minimum atomic E-state index is -3.94. The Bertz CT molecular complexity index is 1030. The minimum absolute atomic E-state index is 0.0303. The summed E-state index contributed by atoms with van der Waals surface area (Å²) in [6.45, 7) is 1.66. The molecule has 152 valence electrons. The van der Waals surface area contributed by atoms with Gasteiger partial charge in [0.25, 0.3) is 0 Å². The number of amides is 1. The number of nitrogens with one attached hydrogen (secondary N) is 1. The number of hydrogen-bond acceptors (Lipinski definition) is 6. The number of sulfonamides is 1. The number of rotatable bonds is 7. The first-order chi connectivity index (χ1) is 13.2. The first-order valence-electron chi connectivity index (χ1n) is 8.75. The summed E-state index contributed by atoms with van der Waals surface area (Å²) in [6.07, 6.45) is 1.70. The molecule has 0 aliphatic carbocycles. The summed E-state index contributed by atoms with van der Waals surface area (Å²) < 4.78 is 56.8. The lowest BCUT2D eigenvalue weighted by Gasteiger charge is -2.26. The number of furan rings is 1. The zero-order valence-corrected chi connectivity index (χ0v) is 17.0. The van der Waals surface area contributed by atoms with Gasteiger partial charge in [0.1, 0.15) is 5.76 Å². The van der Waals surface area contributed by atoms with Crippen molar-refractivity contribution in [2.45, 2.75) is 37.4 Å². The third-order valence-corrected chi connectivity index (χ3v) is 8.24. The van der Waals surface area contributed by atoms with E-state index in [9.17, 15) is 21.6 Å². The molecule has 1 atom stereocenters. The lowest BCUT2D eigenvalue weighted by Crippen LogP contribution is -2.40. The Kier molecular flexibility index (Phi) is 5.92. The summed E-state index contributed by atoms with van der Waals surface area (Å²) >= 11 is 0. The van der Waals surface area contributed by atoms with Gasteiger partial charge in [0.05, 0.1) is 29.2 Å². The van der Waals surface area contributed by atoms with Crippen LogP contribution >= 0.6 is 0 Å². The van der Waals surface area contributed by atoms with Gasteiger partial charge in [-0.3, -0.25) is 4.79 Å².